The molecule has 2 N–H and O–H groups in total. The van der Waals surface area contributed by atoms with E-state index in [0.29, 0.717) is 5.69 Å². The van der Waals surface area contributed by atoms with E-state index in [9.17, 15) is 19.5 Å². The first-order valence-electron chi connectivity index (χ1n) is 8.30. The zero-order valence-corrected chi connectivity index (χ0v) is 14.3. The molecule has 0 unspecified atom stereocenters. The minimum atomic E-state index is -1.30. The van der Waals surface area contributed by atoms with E-state index in [-0.39, 0.29) is 17.8 Å². The first-order valence-corrected chi connectivity index (χ1v) is 8.30. The molecule has 2 heterocycles. The van der Waals surface area contributed by atoms with Gasteiger partial charge in [-0.1, -0.05) is 17.7 Å². The van der Waals surface area contributed by atoms with Gasteiger partial charge in [0.15, 0.2) is 0 Å². The number of carbonyl (C=O) groups is 1. The minimum absolute atomic E-state index is 0.119. The van der Waals surface area contributed by atoms with E-state index in [1.54, 1.807) is 6.07 Å². The standard InChI is InChI=1S/C18H21N3O4/c1-11-5-6-14(12(2)9-11)21-16(22)13(10-20-7-3-4-8-20)15(17(23)24)19-18(21)25/h5-6,9H,3-4,7-8,10H2,1-2H3,(H,19,25)(H,23,24). The Balaban J connectivity index is 2.21. The molecule has 1 aliphatic heterocycles. The number of benzene rings is 1. The third kappa shape index (κ3) is 3.28. The van der Waals surface area contributed by atoms with Crippen molar-refractivity contribution in [3.05, 3.63) is 61.4 Å². The van der Waals surface area contributed by atoms with Crippen LogP contribution in [-0.4, -0.2) is 38.6 Å². The van der Waals surface area contributed by atoms with Crippen LogP contribution in [0.15, 0.2) is 27.8 Å². The lowest BCUT2D eigenvalue weighted by atomic mass is 10.1. The van der Waals surface area contributed by atoms with Crippen LogP contribution in [0.1, 0.15) is 40.0 Å². The van der Waals surface area contributed by atoms with Gasteiger partial charge in [0.05, 0.1) is 11.3 Å². The van der Waals surface area contributed by atoms with E-state index < -0.39 is 17.2 Å². The Morgan fingerprint density at radius 1 is 1.20 bits per heavy atom. The van der Waals surface area contributed by atoms with Gasteiger partial charge in [-0.05, 0) is 51.4 Å². The summed E-state index contributed by atoms with van der Waals surface area (Å²) in [6.07, 6.45) is 2.05. The van der Waals surface area contributed by atoms with Crippen LogP contribution < -0.4 is 11.2 Å². The van der Waals surface area contributed by atoms with Gasteiger partial charge >= 0.3 is 11.7 Å². The minimum Gasteiger partial charge on any atom is -0.477 e. The van der Waals surface area contributed by atoms with Gasteiger partial charge in [0, 0.05) is 6.54 Å². The number of hydrogen-bond donors (Lipinski definition) is 2. The summed E-state index contributed by atoms with van der Waals surface area (Å²) in [6, 6.07) is 5.41. The lowest BCUT2D eigenvalue weighted by molar-refractivity contribution is 0.0687. The number of nitrogens with zero attached hydrogens (tertiary/aromatic N) is 2. The van der Waals surface area contributed by atoms with E-state index in [4.69, 9.17) is 0 Å². The maximum absolute atomic E-state index is 13.0. The summed E-state index contributed by atoms with van der Waals surface area (Å²) in [7, 11) is 0. The van der Waals surface area contributed by atoms with E-state index in [0.717, 1.165) is 41.6 Å². The molecule has 3 rings (SSSR count). The number of aromatic carboxylic acids is 1. The molecular weight excluding hydrogens is 322 g/mol. The quantitative estimate of drug-likeness (QED) is 0.876. The molecule has 1 fully saturated rings. The van der Waals surface area contributed by atoms with Gasteiger partial charge in [-0.3, -0.25) is 9.69 Å². The Kier molecular flexibility index (Phi) is 4.59. The molecule has 0 radical (unpaired) electrons. The van der Waals surface area contributed by atoms with Crippen molar-refractivity contribution in [3.63, 3.8) is 0 Å². The maximum atomic E-state index is 13.0. The second-order valence-corrected chi connectivity index (χ2v) is 6.50. The monoisotopic (exact) mass is 343 g/mol. The Morgan fingerprint density at radius 3 is 2.48 bits per heavy atom. The molecule has 7 heteroatoms. The zero-order valence-electron chi connectivity index (χ0n) is 14.3. The van der Waals surface area contributed by atoms with E-state index in [2.05, 4.69) is 4.98 Å². The lowest BCUT2D eigenvalue weighted by Gasteiger charge is -2.17. The summed E-state index contributed by atoms with van der Waals surface area (Å²) in [5, 5.41) is 9.40. The van der Waals surface area contributed by atoms with Crippen molar-refractivity contribution in [2.75, 3.05) is 13.1 Å². The van der Waals surface area contributed by atoms with Crippen molar-refractivity contribution in [1.82, 2.24) is 14.5 Å². The van der Waals surface area contributed by atoms with Gasteiger partial charge in [-0.2, -0.15) is 0 Å². The average molecular weight is 343 g/mol. The van der Waals surface area contributed by atoms with E-state index >= 15 is 0 Å². The molecule has 0 atom stereocenters. The molecule has 2 aromatic rings. The summed E-state index contributed by atoms with van der Waals surface area (Å²) in [5.41, 5.74) is 0.765. The van der Waals surface area contributed by atoms with E-state index in [1.807, 2.05) is 30.9 Å². The molecule has 1 aliphatic rings. The summed E-state index contributed by atoms with van der Waals surface area (Å²) >= 11 is 0. The zero-order chi connectivity index (χ0) is 18.1. The average Bonchev–Trinajstić information content (AvgIpc) is 3.04. The highest BCUT2D eigenvalue weighted by molar-refractivity contribution is 5.86. The van der Waals surface area contributed by atoms with E-state index in [1.165, 1.54) is 0 Å². The number of aromatic nitrogens is 2. The Bertz CT molecular complexity index is 936. The summed E-state index contributed by atoms with van der Waals surface area (Å²) in [4.78, 5) is 41.4. The van der Waals surface area contributed by atoms with Crippen LogP contribution in [0.3, 0.4) is 0 Å². The fourth-order valence-electron chi connectivity index (χ4n) is 3.34. The van der Waals surface area contributed by atoms with Crippen LogP contribution in [0.5, 0.6) is 0 Å². The first kappa shape index (κ1) is 17.2. The summed E-state index contributed by atoms with van der Waals surface area (Å²) in [5.74, 6) is -1.30. The first-order chi connectivity index (χ1) is 11.9. The smallest absolute Gasteiger partial charge is 0.352 e. The molecule has 0 amide bonds. The largest absolute Gasteiger partial charge is 0.477 e. The van der Waals surface area contributed by atoms with Gasteiger partial charge < -0.3 is 10.1 Å². The van der Waals surface area contributed by atoms with Crippen LogP contribution in [0.4, 0.5) is 0 Å². The number of carboxylic acid groups (broad SMARTS) is 1. The van der Waals surface area contributed by atoms with Gasteiger partial charge in [0.25, 0.3) is 5.56 Å². The van der Waals surface area contributed by atoms with Crippen LogP contribution in [-0.2, 0) is 6.54 Å². The van der Waals surface area contributed by atoms with Crippen molar-refractivity contribution in [3.8, 4) is 5.69 Å². The highest BCUT2D eigenvalue weighted by Crippen LogP contribution is 2.15. The molecule has 0 aliphatic carbocycles. The highest BCUT2D eigenvalue weighted by atomic mass is 16.4. The molecule has 1 aromatic heterocycles. The molecule has 0 saturated carbocycles. The predicted octanol–water partition coefficient (Wildman–Crippen LogP) is 1.44. The molecule has 7 nitrogen and oxygen atoms in total. The molecular formula is C18H21N3O4. The number of hydrogen-bond acceptors (Lipinski definition) is 4. The van der Waals surface area contributed by atoms with Crippen LogP contribution in [0, 0.1) is 13.8 Å². The van der Waals surface area contributed by atoms with Gasteiger partial charge in [-0.25, -0.2) is 14.2 Å². The van der Waals surface area contributed by atoms with Gasteiger partial charge in [-0.15, -0.1) is 0 Å². The Labute approximate surface area is 144 Å². The lowest BCUT2D eigenvalue weighted by Crippen LogP contribution is -2.40. The number of aromatic amines is 1. The van der Waals surface area contributed by atoms with Gasteiger partial charge in [0.2, 0.25) is 0 Å². The number of nitrogens with one attached hydrogen (secondary N) is 1. The normalized spacial score (nSPS) is 14.8. The number of H-pyrrole nitrogens is 1. The predicted molar refractivity (Wildman–Crippen MR) is 93.6 cm³/mol. The molecule has 132 valence electrons. The molecule has 0 spiro atoms. The second kappa shape index (κ2) is 6.68. The van der Waals surface area contributed by atoms with Crippen molar-refractivity contribution < 1.29 is 9.90 Å². The number of aryl methyl sites for hydroxylation is 2. The molecule has 1 aromatic carbocycles. The second-order valence-electron chi connectivity index (χ2n) is 6.50. The third-order valence-corrected chi connectivity index (χ3v) is 4.59. The summed E-state index contributed by atoms with van der Waals surface area (Å²) < 4.78 is 1.03. The number of carboxylic acids is 1. The number of rotatable bonds is 4. The van der Waals surface area contributed by atoms with Crippen molar-refractivity contribution >= 4 is 5.97 Å². The fourth-order valence-corrected chi connectivity index (χ4v) is 3.34. The number of likely N-dealkylation sites (tertiary alicyclic amines) is 1. The van der Waals surface area contributed by atoms with Crippen LogP contribution in [0.25, 0.3) is 5.69 Å². The molecule has 25 heavy (non-hydrogen) atoms. The Hall–Kier alpha value is -2.67. The maximum Gasteiger partial charge on any atom is 0.352 e. The SMILES string of the molecule is Cc1ccc(-n2c(=O)[nH]c(C(=O)O)c(CN3CCCC3)c2=O)c(C)c1. The van der Waals surface area contributed by atoms with Crippen LogP contribution >= 0.6 is 0 Å². The Morgan fingerprint density at radius 2 is 1.88 bits per heavy atom. The molecule has 1 saturated heterocycles. The van der Waals surface area contributed by atoms with Crippen LogP contribution in [0.2, 0.25) is 0 Å². The highest BCUT2D eigenvalue weighted by Gasteiger charge is 2.23. The summed E-state index contributed by atoms with van der Waals surface area (Å²) in [6.45, 7) is 5.61. The van der Waals surface area contributed by atoms with Gasteiger partial charge in [0.1, 0.15) is 5.69 Å². The topological polar surface area (TPSA) is 95.4 Å². The van der Waals surface area contributed by atoms with Crippen molar-refractivity contribution in [1.29, 1.82) is 0 Å². The van der Waals surface area contributed by atoms with Crippen molar-refractivity contribution in [2.45, 2.75) is 33.2 Å². The fraction of sp³-hybridized carbons (Fsp3) is 0.389. The van der Waals surface area contributed by atoms with Crippen molar-refractivity contribution in [2.24, 2.45) is 0 Å². The molecule has 0 bridgehead atoms. The third-order valence-electron chi connectivity index (χ3n) is 4.59.